The van der Waals surface area contributed by atoms with Crippen LogP contribution in [-0.4, -0.2) is 31.6 Å². The van der Waals surface area contributed by atoms with Crippen molar-refractivity contribution in [3.63, 3.8) is 0 Å². The van der Waals surface area contributed by atoms with Crippen LogP contribution < -0.4 is 10.1 Å². The number of rotatable bonds is 7. The molecule has 5 nitrogen and oxygen atoms in total. The molecule has 0 aliphatic heterocycles. The van der Waals surface area contributed by atoms with E-state index in [0.29, 0.717) is 29.5 Å². The van der Waals surface area contributed by atoms with E-state index in [1.807, 2.05) is 19.1 Å². The van der Waals surface area contributed by atoms with Crippen LogP contribution in [0.1, 0.15) is 15.9 Å². The molecule has 24 heavy (non-hydrogen) atoms. The second kappa shape index (κ2) is 8.93. The molecule has 0 saturated carbocycles. The Bertz CT molecular complexity index is 683. The van der Waals surface area contributed by atoms with Crippen LogP contribution >= 0.6 is 11.6 Å². The highest BCUT2D eigenvalue weighted by atomic mass is 35.5. The van der Waals surface area contributed by atoms with Crippen molar-refractivity contribution >= 4 is 23.5 Å². The molecule has 0 saturated heterocycles. The van der Waals surface area contributed by atoms with E-state index in [1.54, 1.807) is 36.4 Å². The predicted octanol–water partition coefficient (Wildman–Crippen LogP) is 3.00. The Hall–Kier alpha value is -2.53. The van der Waals surface area contributed by atoms with Gasteiger partial charge in [-0.15, -0.1) is 0 Å². The van der Waals surface area contributed by atoms with Crippen molar-refractivity contribution in [1.82, 2.24) is 5.32 Å². The van der Waals surface area contributed by atoms with Crippen molar-refractivity contribution in [2.75, 3.05) is 19.8 Å². The summed E-state index contributed by atoms with van der Waals surface area (Å²) in [5.41, 5.74) is 1.46. The highest BCUT2D eigenvalue weighted by molar-refractivity contribution is 6.30. The summed E-state index contributed by atoms with van der Waals surface area (Å²) in [6, 6.07) is 13.9. The van der Waals surface area contributed by atoms with Gasteiger partial charge >= 0.3 is 5.97 Å². The molecular weight excluding hydrogens is 330 g/mol. The van der Waals surface area contributed by atoms with Gasteiger partial charge in [-0.1, -0.05) is 29.3 Å². The van der Waals surface area contributed by atoms with E-state index in [1.165, 1.54) is 0 Å². The Kier molecular flexibility index (Phi) is 6.63. The molecule has 0 unspecified atom stereocenters. The Balaban J connectivity index is 1.63. The fourth-order valence-electron chi connectivity index (χ4n) is 1.85. The Morgan fingerprint density at radius 1 is 1.04 bits per heavy atom. The van der Waals surface area contributed by atoms with Crippen LogP contribution in [-0.2, 0) is 9.53 Å². The van der Waals surface area contributed by atoms with Gasteiger partial charge in [0, 0.05) is 5.02 Å². The number of benzene rings is 2. The summed E-state index contributed by atoms with van der Waals surface area (Å²) in [6.45, 7) is 2.21. The summed E-state index contributed by atoms with van der Waals surface area (Å²) >= 11 is 5.77. The standard InChI is InChI=1S/C18H18ClNO4/c1-13-2-4-14(5-3-13)18(22)24-12-17(21)20-10-11-23-16-8-6-15(19)7-9-16/h2-9H,10-12H2,1H3,(H,20,21). The summed E-state index contributed by atoms with van der Waals surface area (Å²) in [6.07, 6.45) is 0. The number of carbonyl (C=O) groups excluding carboxylic acids is 2. The summed E-state index contributed by atoms with van der Waals surface area (Å²) in [5, 5.41) is 3.24. The molecule has 0 aliphatic rings. The average Bonchev–Trinajstić information content (AvgIpc) is 2.59. The molecule has 6 heteroatoms. The van der Waals surface area contributed by atoms with Crippen molar-refractivity contribution in [2.24, 2.45) is 0 Å². The SMILES string of the molecule is Cc1ccc(C(=O)OCC(=O)NCCOc2ccc(Cl)cc2)cc1. The second-order valence-corrected chi connectivity index (χ2v) is 5.53. The fourth-order valence-corrected chi connectivity index (χ4v) is 1.97. The maximum absolute atomic E-state index is 11.8. The minimum atomic E-state index is -0.525. The van der Waals surface area contributed by atoms with Crippen molar-refractivity contribution in [3.05, 3.63) is 64.7 Å². The van der Waals surface area contributed by atoms with Gasteiger partial charge in [-0.2, -0.15) is 0 Å². The summed E-state index contributed by atoms with van der Waals surface area (Å²) in [5.74, 6) is -0.239. The van der Waals surface area contributed by atoms with E-state index in [-0.39, 0.29) is 12.5 Å². The summed E-state index contributed by atoms with van der Waals surface area (Å²) in [7, 11) is 0. The molecule has 0 radical (unpaired) electrons. The van der Waals surface area contributed by atoms with Crippen LogP contribution in [0.5, 0.6) is 5.75 Å². The van der Waals surface area contributed by atoms with Gasteiger partial charge < -0.3 is 14.8 Å². The van der Waals surface area contributed by atoms with Crippen molar-refractivity contribution in [3.8, 4) is 5.75 Å². The number of hydrogen-bond acceptors (Lipinski definition) is 4. The zero-order chi connectivity index (χ0) is 17.4. The monoisotopic (exact) mass is 347 g/mol. The van der Waals surface area contributed by atoms with Crippen LogP contribution in [0.4, 0.5) is 0 Å². The zero-order valence-electron chi connectivity index (χ0n) is 13.3. The first-order valence-electron chi connectivity index (χ1n) is 7.43. The van der Waals surface area contributed by atoms with E-state index < -0.39 is 5.97 Å². The third kappa shape index (κ3) is 5.93. The molecule has 0 bridgehead atoms. The van der Waals surface area contributed by atoms with Gasteiger partial charge in [-0.25, -0.2) is 4.79 Å². The van der Waals surface area contributed by atoms with Gasteiger partial charge in [0.2, 0.25) is 0 Å². The Labute approximate surface area is 145 Å². The molecule has 0 aliphatic carbocycles. The molecular formula is C18H18ClNO4. The van der Waals surface area contributed by atoms with Crippen molar-refractivity contribution < 1.29 is 19.1 Å². The van der Waals surface area contributed by atoms with Crippen molar-refractivity contribution in [2.45, 2.75) is 6.92 Å². The van der Waals surface area contributed by atoms with Crippen molar-refractivity contribution in [1.29, 1.82) is 0 Å². The molecule has 2 aromatic carbocycles. The molecule has 0 spiro atoms. The minimum Gasteiger partial charge on any atom is -0.492 e. The number of ether oxygens (including phenoxy) is 2. The zero-order valence-corrected chi connectivity index (χ0v) is 14.0. The average molecular weight is 348 g/mol. The van der Waals surface area contributed by atoms with Gasteiger partial charge in [-0.3, -0.25) is 4.79 Å². The lowest BCUT2D eigenvalue weighted by Crippen LogP contribution is -2.32. The van der Waals surface area contributed by atoms with E-state index in [2.05, 4.69) is 5.32 Å². The number of nitrogens with one attached hydrogen (secondary N) is 1. The molecule has 1 N–H and O–H groups in total. The summed E-state index contributed by atoms with van der Waals surface area (Å²) < 4.78 is 10.4. The van der Waals surface area contributed by atoms with E-state index in [9.17, 15) is 9.59 Å². The smallest absolute Gasteiger partial charge is 0.338 e. The molecule has 0 aromatic heterocycles. The van der Waals surface area contributed by atoms with Crippen LogP contribution in [0.25, 0.3) is 0 Å². The topological polar surface area (TPSA) is 64.6 Å². The van der Waals surface area contributed by atoms with Gasteiger partial charge in [0.05, 0.1) is 12.1 Å². The lowest BCUT2D eigenvalue weighted by atomic mass is 10.1. The van der Waals surface area contributed by atoms with E-state index in [4.69, 9.17) is 21.1 Å². The van der Waals surface area contributed by atoms with Crippen LogP contribution in [0.15, 0.2) is 48.5 Å². The molecule has 0 atom stereocenters. The third-order valence-corrected chi connectivity index (χ3v) is 3.38. The number of carbonyl (C=O) groups is 2. The maximum Gasteiger partial charge on any atom is 0.338 e. The normalized spacial score (nSPS) is 10.1. The first-order valence-corrected chi connectivity index (χ1v) is 7.81. The van der Waals surface area contributed by atoms with E-state index >= 15 is 0 Å². The first-order chi connectivity index (χ1) is 11.5. The number of amides is 1. The highest BCUT2D eigenvalue weighted by Gasteiger charge is 2.09. The molecule has 1 amide bonds. The quantitative estimate of drug-likeness (QED) is 0.617. The van der Waals surface area contributed by atoms with Crippen LogP contribution in [0, 0.1) is 6.92 Å². The maximum atomic E-state index is 11.8. The van der Waals surface area contributed by atoms with Gasteiger partial charge in [0.1, 0.15) is 12.4 Å². The van der Waals surface area contributed by atoms with Gasteiger partial charge in [-0.05, 0) is 43.3 Å². The van der Waals surface area contributed by atoms with Gasteiger partial charge in [0.25, 0.3) is 5.91 Å². The molecule has 2 rings (SSSR count). The summed E-state index contributed by atoms with van der Waals surface area (Å²) in [4.78, 5) is 23.4. The number of aryl methyl sites for hydroxylation is 1. The van der Waals surface area contributed by atoms with Crippen LogP contribution in [0.3, 0.4) is 0 Å². The number of halogens is 1. The Morgan fingerprint density at radius 3 is 2.38 bits per heavy atom. The highest BCUT2D eigenvalue weighted by Crippen LogP contribution is 2.15. The van der Waals surface area contributed by atoms with E-state index in [0.717, 1.165) is 5.56 Å². The third-order valence-electron chi connectivity index (χ3n) is 3.13. The predicted molar refractivity (Wildman–Crippen MR) is 91.4 cm³/mol. The molecule has 0 heterocycles. The van der Waals surface area contributed by atoms with Crippen LogP contribution in [0.2, 0.25) is 5.02 Å². The lowest BCUT2D eigenvalue weighted by molar-refractivity contribution is -0.124. The fraction of sp³-hybridized carbons (Fsp3) is 0.222. The molecule has 0 fully saturated rings. The van der Waals surface area contributed by atoms with Gasteiger partial charge in [0.15, 0.2) is 6.61 Å². The number of hydrogen-bond donors (Lipinski definition) is 1. The lowest BCUT2D eigenvalue weighted by Gasteiger charge is -2.08. The Morgan fingerprint density at radius 2 is 1.71 bits per heavy atom. The second-order valence-electron chi connectivity index (χ2n) is 5.09. The first kappa shape index (κ1) is 17.8. The molecule has 2 aromatic rings. The number of esters is 1. The largest absolute Gasteiger partial charge is 0.492 e. The molecule has 126 valence electrons. The minimum absolute atomic E-state index is 0.305.